The summed E-state index contributed by atoms with van der Waals surface area (Å²) >= 11 is 13.1. The maximum Gasteiger partial charge on any atom is 0.293 e. The molecule has 0 radical (unpaired) electrons. The number of rotatable bonds is 6. The Labute approximate surface area is 206 Å². The minimum atomic E-state index is -0.332. The van der Waals surface area contributed by atoms with Crippen LogP contribution >= 0.6 is 35.0 Å². The Balaban J connectivity index is 1.60. The molecule has 0 bridgehead atoms. The summed E-state index contributed by atoms with van der Waals surface area (Å²) in [6.45, 7) is 6.67. The number of amides is 2. The molecule has 5 nitrogen and oxygen atoms in total. The fourth-order valence-electron chi connectivity index (χ4n) is 3.79. The highest BCUT2D eigenvalue weighted by Gasteiger charge is 2.35. The van der Waals surface area contributed by atoms with Crippen LogP contribution in [0.15, 0.2) is 53.4 Å². The highest BCUT2D eigenvalue weighted by molar-refractivity contribution is 8.18. The molecule has 1 fully saturated rings. The number of benzene rings is 2. The van der Waals surface area contributed by atoms with E-state index in [0.29, 0.717) is 27.1 Å². The first kappa shape index (κ1) is 23.5. The van der Waals surface area contributed by atoms with Gasteiger partial charge in [0, 0.05) is 27.1 Å². The first-order chi connectivity index (χ1) is 15.8. The third-order valence-corrected chi connectivity index (χ3v) is 6.87. The van der Waals surface area contributed by atoms with Crippen molar-refractivity contribution in [2.45, 2.75) is 27.3 Å². The normalized spacial score (nSPS) is 15.1. The van der Waals surface area contributed by atoms with Gasteiger partial charge in [-0.05, 0) is 92.2 Å². The van der Waals surface area contributed by atoms with Crippen molar-refractivity contribution < 1.29 is 14.3 Å². The van der Waals surface area contributed by atoms with Crippen LogP contribution in [0.1, 0.15) is 29.4 Å². The molecular formula is C25H22Cl2N2O3S. The molecule has 1 aromatic heterocycles. The van der Waals surface area contributed by atoms with Crippen LogP contribution in [0.25, 0.3) is 11.8 Å². The van der Waals surface area contributed by atoms with Gasteiger partial charge in [0.15, 0.2) is 0 Å². The molecule has 170 valence electrons. The lowest BCUT2D eigenvalue weighted by Crippen LogP contribution is -2.27. The first-order valence-corrected chi connectivity index (χ1v) is 12.0. The molecule has 2 heterocycles. The molecule has 2 amide bonds. The lowest BCUT2D eigenvalue weighted by atomic mass is 10.2. The molecular weight excluding hydrogens is 479 g/mol. The van der Waals surface area contributed by atoms with Gasteiger partial charge in [0.25, 0.3) is 11.1 Å². The van der Waals surface area contributed by atoms with E-state index in [-0.39, 0.29) is 17.7 Å². The molecule has 3 aromatic rings. The lowest BCUT2D eigenvalue weighted by Gasteiger charge is -2.13. The molecule has 2 aromatic carbocycles. The zero-order chi connectivity index (χ0) is 23.7. The van der Waals surface area contributed by atoms with E-state index in [1.165, 1.54) is 4.90 Å². The van der Waals surface area contributed by atoms with Gasteiger partial charge in [0.1, 0.15) is 5.75 Å². The van der Waals surface area contributed by atoms with E-state index in [9.17, 15) is 9.59 Å². The van der Waals surface area contributed by atoms with Crippen molar-refractivity contribution in [2.24, 2.45) is 0 Å². The Kier molecular flexibility index (Phi) is 6.88. The van der Waals surface area contributed by atoms with Crippen LogP contribution in [0.3, 0.4) is 0 Å². The van der Waals surface area contributed by atoms with Gasteiger partial charge in [-0.3, -0.25) is 14.5 Å². The zero-order valence-corrected chi connectivity index (χ0v) is 20.7. The summed E-state index contributed by atoms with van der Waals surface area (Å²) in [7, 11) is 0. The number of ether oxygens (including phenoxy) is 1. The third kappa shape index (κ3) is 4.83. The molecule has 0 spiro atoms. The van der Waals surface area contributed by atoms with Crippen molar-refractivity contribution in [1.29, 1.82) is 0 Å². The van der Waals surface area contributed by atoms with E-state index < -0.39 is 0 Å². The summed E-state index contributed by atoms with van der Waals surface area (Å²) in [5.74, 6) is 0.486. The molecule has 33 heavy (non-hydrogen) atoms. The second-order valence-electron chi connectivity index (χ2n) is 7.59. The predicted molar refractivity (Wildman–Crippen MR) is 134 cm³/mol. The maximum atomic E-state index is 13.0. The molecule has 0 N–H and O–H groups in total. The molecule has 4 rings (SSSR count). The lowest BCUT2D eigenvalue weighted by molar-refractivity contribution is -0.123. The minimum Gasteiger partial charge on any atom is -0.494 e. The van der Waals surface area contributed by atoms with Crippen LogP contribution in [-0.4, -0.2) is 27.2 Å². The Bertz CT molecular complexity index is 1270. The largest absolute Gasteiger partial charge is 0.494 e. The predicted octanol–water partition coefficient (Wildman–Crippen LogP) is 7.04. The van der Waals surface area contributed by atoms with Crippen LogP contribution in [-0.2, 0) is 11.3 Å². The van der Waals surface area contributed by atoms with Gasteiger partial charge in [0.05, 0.1) is 18.1 Å². The Morgan fingerprint density at radius 1 is 1.03 bits per heavy atom. The second-order valence-corrected chi connectivity index (χ2v) is 9.43. The number of nitrogens with zero attached hydrogens (tertiary/aromatic N) is 2. The molecule has 1 saturated heterocycles. The van der Waals surface area contributed by atoms with E-state index in [4.69, 9.17) is 27.9 Å². The van der Waals surface area contributed by atoms with Crippen molar-refractivity contribution in [1.82, 2.24) is 9.47 Å². The summed E-state index contributed by atoms with van der Waals surface area (Å²) in [6, 6.07) is 14.9. The van der Waals surface area contributed by atoms with E-state index in [1.807, 2.05) is 51.1 Å². The summed E-state index contributed by atoms with van der Waals surface area (Å²) in [5, 5.41) is 0.600. The summed E-state index contributed by atoms with van der Waals surface area (Å²) in [5.41, 5.74) is 4.55. The number of imide groups is 1. The number of halogens is 2. The molecule has 0 atom stereocenters. The van der Waals surface area contributed by atoms with Crippen LogP contribution in [0.4, 0.5) is 4.79 Å². The SMILES string of the molecule is CCOc1ccc(-n2c(C)cc(/C=C3\SC(=O)N(Cc4ccc(Cl)cc4Cl)C3=O)c2C)cc1. The average molecular weight is 501 g/mol. The number of hydrogen-bond acceptors (Lipinski definition) is 4. The van der Waals surface area contributed by atoms with Gasteiger partial charge in [-0.25, -0.2) is 0 Å². The number of hydrogen-bond donors (Lipinski definition) is 0. The van der Waals surface area contributed by atoms with Crippen molar-refractivity contribution in [3.63, 3.8) is 0 Å². The number of carbonyl (C=O) groups excluding carboxylic acids is 2. The van der Waals surface area contributed by atoms with Gasteiger partial charge in [-0.2, -0.15) is 0 Å². The summed E-state index contributed by atoms with van der Waals surface area (Å²) in [4.78, 5) is 27.2. The third-order valence-electron chi connectivity index (χ3n) is 5.38. The Morgan fingerprint density at radius 2 is 1.76 bits per heavy atom. The van der Waals surface area contributed by atoms with Crippen LogP contribution in [0.2, 0.25) is 10.0 Å². The number of thioether (sulfide) groups is 1. The standard InChI is InChI=1S/C25H22Cl2N2O3S/c1-4-32-21-9-7-20(8-10-21)29-15(2)11-18(16(29)3)12-23-24(30)28(25(31)33-23)14-17-5-6-19(26)13-22(17)27/h5-13H,4,14H2,1-3H3/b23-12-. The quantitative estimate of drug-likeness (QED) is 0.340. The van der Waals surface area contributed by atoms with E-state index in [0.717, 1.165) is 40.2 Å². The molecule has 0 aliphatic carbocycles. The number of carbonyl (C=O) groups is 2. The summed E-state index contributed by atoms with van der Waals surface area (Å²) < 4.78 is 7.64. The van der Waals surface area contributed by atoms with E-state index in [2.05, 4.69) is 4.57 Å². The van der Waals surface area contributed by atoms with Crippen LogP contribution in [0.5, 0.6) is 5.75 Å². The highest BCUT2D eigenvalue weighted by atomic mass is 35.5. The van der Waals surface area contributed by atoms with Gasteiger partial charge < -0.3 is 9.30 Å². The van der Waals surface area contributed by atoms with Crippen LogP contribution < -0.4 is 4.74 Å². The molecule has 8 heteroatoms. The minimum absolute atomic E-state index is 0.100. The second kappa shape index (κ2) is 9.67. The highest BCUT2D eigenvalue weighted by Crippen LogP contribution is 2.35. The molecule has 1 aliphatic heterocycles. The van der Waals surface area contributed by atoms with E-state index >= 15 is 0 Å². The average Bonchev–Trinajstić information content (AvgIpc) is 3.20. The molecule has 0 saturated carbocycles. The zero-order valence-electron chi connectivity index (χ0n) is 18.4. The van der Waals surface area contributed by atoms with Crippen molar-refractivity contribution in [3.8, 4) is 11.4 Å². The number of aryl methyl sites for hydroxylation is 1. The fraction of sp³-hybridized carbons (Fsp3) is 0.200. The smallest absolute Gasteiger partial charge is 0.293 e. The van der Waals surface area contributed by atoms with E-state index in [1.54, 1.807) is 24.3 Å². The first-order valence-electron chi connectivity index (χ1n) is 10.4. The van der Waals surface area contributed by atoms with Crippen molar-refractivity contribution in [3.05, 3.63) is 86.0 Å². The molecule has 1 aliphatic rings. The topological polar surface area (TPSA) is 51.5 Å². The van der Waals surface area contributed by atoms with Gasteiger partial charge in [-0.1, -0.05) is 29.3 Å². The van der Waals surface area contributed by atoms with Crippen LogP contribution in [0, 0.1) is 13.8 Å². The van der Waals surface area contributed by atoms with Gasteiger partial charge in [-0.15, -0.1) is 0 Å². The fourth-order valence-corrected chi connectivity index (χ4v) is 5.08. The molecule has 0 unspecified atom stereocenters. The number of aromatic nitrogens is 1. The Hall–Kier alpha value is -2.67. The van der Waals surface area contributed by atoms with Crippen molar-refractivity contribution >= 4 is 52.2 Å². The Morgan fingerprint density at radius 3 is 2.42 bits per heavy atom. The monoisotopic (exact) mass is 500 g/mol. The maximum absolute atomic E-state index is 13.0. The summed E-state index contributed by atoms with van der Waals surface area (Å²) in [6.07, 6.45) is 1.78. The van der Waals surface area contributed by atoms with Gasteiger partial charge in [0.2, 0.25) is 0 Å². The van der Waals surface area contributed by atoms with Crippen molar-refractivity contribution in [2.75, 3.05) is 6.61 Å². The van der Waals surface area contributed by atoms with Gasteiger partial charge >= 0.3 is 0 Å².